The molecule has 0 aliphatic heterocycles. The van der Waals surface area contributed by atoms with Crippen LogP contribution < -0.4 is 0 Å². The van der Waals surface area contributed by atoms with E-state index < -0.39 is 26.6 Å². The third-order valence-electron chi connectivity index (χ3n) is 2.76. The van der Waals surface area contributed by atoms with E-state index in [0.29, 0.717) is 0 Å². The maximum Gasteiger partial charge on any atom is 0.496 e. The highest BCUT2D eigenvalue weighted by Gasteiger charge is 2.29. The number of hydrogen-bond acceptors (Lipinski definition) is 7. The van der Waals surface area contributed by atoms with E-state index in [1.807, 2.05) is 26.2 Å². The van der Waals surface area contributed by atoms with Crippen molar-refractivity contribution in [3.63, 3.8) is 0 Å². The van der Waals surface area contributed by atoms with Gasteiger partial charge < -0.3 is 31.0 Å². The summed E-state index contributed by atoms with van der Waals surface area (Å²) in [6, 6.07) is 0. The molecule has 0 unspecified atom stereocenters. The van der Waals surface area contributed by atoms with Gasteiger partial charge in [-0.15, -0.1) is 0 Å². The van der Waals surface area contributed by atoms with Gasteiger partial charge in [0.25, 0.3) is 0 Å². The van der Waals surface area contributed by atoms with Gasteiger partial charge in [0, 0.05) is 56.3 Å². The molecule has 0 aliphatic carbocycles. The predicted octanol–water partition coefficient (Wildman–Crippen LogP) is 2.88. The molecular formula is C13H42O7Si3. The third-order valence-corrected chi connectivity index (χ3v) is 8.28. The van der Waals surface area contributed by atoms with Crippen molar-refractivity contribution in [2.24, 2.45) is 0 Å². The first kappa shape index (κ1) is 34.7. The molecule has 0 aromatic rings. The second kappa shape index (κ2) is 20.4. The van der Waals surface area contributed by atoms with Gasteiger partial charge in [-0.3, -0.25) is 0 Å². The van der Waals surface area contributed by atoms with E-state index in [1.165, 1.54) is 0 Å². The van der Waals surface area contributed by atoms with Crippen LogP contribution in [0.4, 0.5) is 0 Å². The topological polar surface area (TPSA) is 64.6 Å². The van der Waals surface area contributed by atoms with Gasteiger partial charge >= 0.3 is 26.6 Å². The van der Waals surface area contributed by atoms with Crippen LogP contribution in [0.15, 0.2) is 0 Å². The zero-order valence-electron chi connectivity index (χ0n) is 15.4. The van der Waals surface area contributed by atoms with Crippen LogP contribution >= 0.6 is 0 Å². The zero-order chi connectivity index (χ0) is 17.5. The lowest BCUT2D eigenvalue weighted by molar-refractivity contribution is 0.132. The molecule has 0 aromatic heterocycles. The SMILES string of the molecule is C.C.CO[SiH](C)OC.CO[Si](C)(C)OC.CO[Si](C)(OC)OC. The van der Waals surface area contributed by atoms with E-state index in [2.05, 4.69) is 0 Å². The summed E-state index contributed by atoms with van der Waals surface area (Å²) in [5.41, 5.74) is 0. The summed E-state index contributed by atoms with van der Waals surface area (Å²) >= 11 is 0. The van der Waals surface area contributed by atoms with Crippen molar-refractivity contribution in [3.05, 3.63) is 0 Å². The summed E-state index contributed by atoms with van der Waals surface area (Å²) < 4.78 is 34.4. The highest BCUT2D eigenvalue weighted by Crippen LogP contribution is 2.02. The minimum Gasteiger partial charge on any atom is -0.400 e. The smallest absolute Gasteiger partial charge is 0.400 e. The van der Waals surface area contributed by atoms with Gasteiger partial charge in [0.05, 0.1) is 0 Å². The molecule has 0 radical (unpaired) electrons. The molecule has 7 nitrogen and oxygen atoms in total. The van der Waals surface area contributed by atoms with Gasteiger partial charge in [-0.25, -0.2) is 0 Å². The van der Waals surface area contributed by atoms with E-state index in [1.54, 1.807) is 49.8 Å². The Morgan fingerprint density at radius 2 is 0.826 bits per heavy atom. The maximum absolute atomic E-state index is 5.00. The summed E-state index contributed by atoms with van der Waals surface area (Å²) in [7, 11) is 6.45. The highest BCUT2D eigenvalue weighted by atomic mass is 28.4. The zero-order valence-corrected chi connectivity index (χ0v) is 18.6. The minimum atomic E-state index is -2.17. The van der Waals surface area contributed by atoms with Gasteiger partial charge in [-0.1, -0.05) is 14.9 Å². The van der Waals surface area contributed by atoms with Gasteiger partial charge in [0.1, 0.15) is 0 Å². The van der Waals surface area contributed by atoms with Crippen molar-refractivity contribution in [2.75, 3.05) is 49.8 Å². The lowest BCUT2D eigenvalue weighted by Gasteiger charge is -2.18. The lowest BCUT2D eigenvalue weighted by atomic mass is 11.8. The molecule has 10 heteroatoms. The van der Waals surface area contributed by atoms with E-state index in [0.717, 1.165) is 0 Å². The first-order valence-corrected chi connectivity index (χ1v) is 13.6. The van der Waals surface area contributed by atoms with Crippen molar-refractivity contribution in [3.8, 4) is 0 Å². The van der Waals surface area contributed by atoms with Crippen molar-refractivity contribution < 1.29 is 31.0 Å². The van der Waals surface area contributed by atoms with Crippen LogP contribution in [0.3, 0.4) is 0 Å². The molecule has 0 saturated carbocycles. The largest absolute Gasteiger partial charge is 0.496 e. The van der Waals surface area contributed by atoms with Crippen molar-refractivity contribution in [1.29, 1.82) is 0 Å². The van der Waals surface area contributed by atoms with Gasteiger partial charge in [0.2, 0.25) is 0 Å². The quantitative estimate of drug-likeness (QED) is 0.615. The molecule has 148 valence electrons. The molecule has 0 amide bonds. The lowest BCUT2D eigenvalue weighted by Crippen LogP contribution is -2.38. The molecular weight excluding hydrogens is 352 g/mol. The van der Waals surface area contributed by atoms with E-state index in [-0.39, 0.29) is 14.9 Å². The Hall–Kier alpha value is 0.371. The monoisotopic (exact) mass is 394 g/mol. The Labute approximate surface area is 149 Å². The molecule has 0 spiro atoms. The molecule has 0 atom stereocenters. The number of hydrogen-bond donors (Lipinski definition) is 0. The predicted molar refractivity (Wildman–Crippen MR) is 105 cm³/mol. The van der Waals surface area contributed by atoms with Crippen molar-refractivity contribution in [2.45, 2.75) is 41.0 Å². The second-order valence-corrected chi connectivity index (χ2v) is 13.0. The van der Waals surface area contributed by atoms with Crippen LogP contribution in [-0.4, -0.2) is 76.4 Å². The van der Waals surface area contributed by atoms with Gasteiger partial charge in [0.15, 0.2) is 0 Å². The molecule has 0 saturated heterocycles. The molecule has 0 aliphatic rings. The first-order valence-electron chi connectivity index (χ1n) is 6.43. The fraction of sp³-hybridized carbons (Fsp3) is 1.00. The van der Waals surface area contributed by atoms with Crippen LogP contribution in [0, 0.1) is 0 Å². The molecule has 0 heterocycles. The first-order chi connectivity index (χ1) is 9.61. The van der Waals surface area contributed by atoms with Crippen LogP contribution in [-0.2, 0) is 31.0 Å². The summed E-state index contributed by atoms with van der Waals surface area (Å²) in [4.78, 5) is 0. The summed E-state index contributed by atoms with van der Waals surface area (Å²) in [6.45, 7) is 7.78. The van der Waals surface area contributed by atoms with E-state index in [9.17, 15) is 0 Å². The average molecular weight is 395 g/mol. The van der Waals surface area contributed by atoms with E-state index in [4.69, 9.17) is 31.0 Å². The Morgan fingerprint density at radius 1 is 0.565 bits per heavy atom. The maximum atomic E-state index is 5.00. The Bertz CT molecular complexity index is 199. The Kier molecular flexibility index (Phi) is 30.8. The second-order valence-electron chi connectivity index (χ2n) is 4.32. The number of rotatable bonds is 7. The Morgan fingerprint density at radius 3 is 0.826 bits per heavy atom. The fourth-order valence-electron chi connectivity index (χ4n) is 0.430. The molecule has 23 heavy (non-hydrogen) atoms. The van der Waals surface area contributed by atoms with Crippen LogP contribution in [0.1, 0.15) is 14.9 Å². The van der Waals surface area contributed by atoms with Gasteiger partial charge in [-0.05, 0) is 19.6 Å². The van der Waals surface area contributed by atoms with Crippen LogP contribution in [0.2, 0.25) is 26.2 Å². The minimum absolute atomic E-state index is 0. The fourth-order valence-corrected chi connectivity index (χ4v) is 1.29. The highest BCUT2D eigenvalue weighted by molar-refractivity contribution is 6.64. The van der Waals surface area contributed by atoms with Crippen LogP contribution in [0.5, 0.6) is 0 Å². The summed E-state index contributed by atoms with van der Waals surface area (Å²) in [5, 5.41) is 0. The molecule has 0 rings (SSSR count). The standard InChI is InChI=1S/C4H12O3Si.C4H12O2Si.C3H10O2Si.2CH4/c1-5-8(4,6-2)7-3;1-5-7(3,4)6-2;1-4-6(3)5-2;;/h1-4H3;1-4H3;6H,1-3H3;2*1H4. The molecule has 0 fully saturated rings. The van der Waals surface area contributed by atoms with Crippen LogP contribution in [0.25, 0.3) is 0 Å². The third kappa shape index (κ3) is 24.7. The van der Waals surface area contributed by atoms with Gasteiger partial charge in [-0.2, -0.15) is 0 Å². The molecule has 0 bridgehead atoms. The van der Waals surface area contributed by atoms with E-state index >= 15 is 0 Å². The normalized spacial score (nSPS) is 10.4. The molecule has 0 aromatic carbocycles. The Balaban J connectivity index is -0.0000000681. The van der Waals surface area contributed by atoms with Crippen molar-refractivity contribution >= 4 is 26.6 Å². The van der Waals surface area contributed by atoms with Crippen molar-refractivity contribution in [1.82, 2.24) is 0 Å². The average Bonchev–Trinajstić information content (AvgIpc) is 2.54. The molecule has 0 N–H and O–H groups in total. The summed E-state index contributed by atoms with van der Waals surface area (Å²) in [5.74, 6) is 0. The summed E-state index contributed by atoms with van der Waals surface area (Å²) in [6.07, 6.45) is 0.